The summed E-state index contributed by atoms with van der Waals surface area (Å²) < 4.78 is 0. The number of aromatic nitrogens is 1. The van der Waals surface area contributed by atoms with Crippen molar-refractivity contribution in [3.63, 3.8) is 0 Å². The fraction of sp³-hybridized carbons (Fsp3) is 0.231. The number of hydrogen-bond acceptors (Lipinski definition) is 4. The van der Waals surface area contributed by atoms with Gasteiger partial charge in [0.1, 0.15) is 5.01 Å². The van der Waals surface area contributed by atoms with Gasteiger partial charge in [0.15, 0.2) is 0 Å². The maximum Gasteiger partial charge on any atom is 0.251 e. The van der Waals surface area contributed by atoms with Crippen LogP contribution in [0.4, 0.5) is 5.69 Å². The molecule has 0 bridgehead atoms. The lowest BCUT2D eigenvalue weighted by Gasteiger charge is -2.05. The minimum absolute atomic E-state index is 0.0418. The van der Waals surface area contributed by atoms with Crippen molar-refractivity contribution in [3.8, 4) is 0 Å². The molecule has 3 rings (SSSR count). The zero-order valence-electron chi connectivity index (χ0n) is 9.77. The van der Waals surface area contributed by atoms with Crippen molar-refractivity contribution in [3.05, 3.63) is 45.9 Å². The van der Waals surface area contributed by atoms with Crippen LogP contribution in [0.2, 0.25) is 0 Å². The van der Waals surface area contributed by atoms with Gasteiger partial charge in [-0.05, 0) is 30.2 Å². The minimum atomic E-state index is -0.0418. The van der Waals surface area contributed by atoms with E-state index in [1.807, 2.05) is 23.6 Å². The Balaban J connectivity index is 1.69. The highest BCUT2D eigenvalue weighted by Gasteiger charge is 2.13. The number of anilines is 1. The van der Waals surface area contributed by atoms with Crippen LogP contribution in [0.5, 0.6) is 0 Å². The van der Waals surface area contributed by atoms with E-state index >= 15 is 0 Å². The molecule has 0 unspecified atom stereocenters. The van der Waals surface area contributed by atoms with Gasteiger partial charge in [0.2, 0.25) is 0 Å². The number of rotatable bonds is 3. The molecule has 0 saturated heterocycles. The molecule has 18 heavy (non-hydrogen) atoms. The van der Waals surface area contributed by atoms with Crippen LogP contribution >= 0.6 is 11.3 Å². The maximum atomic E-state index is 12.0. The Labute approximate surface area is 109 Å². The predicted molar refractivity (Wildman–Crippen MR) is 71.9 cm³/mol. The molecule has 2 heterocycles. The lowest BCUT2D eigenvalue weighted by Crippen LogP contribution is -2.22. The van der Waals surface area contributed by atoms with E-state index in [4.69, 9.17) is 0 Å². The third-order valence-corrected chi connectivity index (χ3v) is 3.74. The third-order valence-electron chi connectivity index (χ3n) is 2.96. The van der Waals surface area contributed by atoms with Crippen LogP contribution in [0.25, 0.3) is 0 Å². The Bertz CT molecular complexity index is 566. The van der Waals surface area contributed by atoms with Gasteiger partial charge < -0.3 is 10.6 Å². The SMILES string of the molecule is O=C(NCc1nccs1)c1ccc2c(c1)CCN2. The van der Waals surface area contributed by atoms with E-state index in [-0.39, 0.29) is 5.91 Å². The molecular weight excluding hydrogens is 246 g/mol. The predicted octanol–water partition coefficient (Wildman–Crippen LogP) is 2.04. The van der Waals surface area contributed by atoms with Crippen molar-refractivity contribution in [2.24, 2.45) is 0 Å². The van der Waals surface area contributed by atoms with Gasteiger partial charge in [-0.1, -0.05) is 0 Å². The van der Waals surface area contributed by atoms with Crippen molar-refractivity contribution in [1.82, 2.24) is 10.3 Å². The van der Waals surface area contributed by atoms with Crippen molar-refractivity contribution >= 4 is 22.9 Å². The molecular formula is C13H13N3OS. The third kappa shape index (κ3) is 2.22. The van der Waals surface area contributed by atoms with Crippen LogP contribution < -0.4 is 10.6 Å². The van der Waals surface area contributed by atoms with Gasteiger partial charge in [-0.3, -0.25) is 4.79 Å². The number of carbonyl (C=O) groups is 1. The highest BCUT2D eigenvalue weighted by Crippen LogP contribution is 2.22. The standard InChI is InChI=1S/C13H13N3OS/c17-13(16-8-12-15-5-6-18-12)10-1-2-11-9(7-10)3-4-14-11/h1-2,5-7,14H,3-4,8H2,(H,16,17). The van der Waals surface area contributed by atoms with Gasteiger partial charge in [0.05, 0.1) is 6.54 Å². The molecule has 1 aliphatic heterocycles. The molecule has 0 atom stereocenters. The quantitative estimate of drug-likeness (QED) is 0.887. The van der Waals surface area contributed by atoms with E-state index < -0.39 is 0 Å². The first-order valence-electron chi connectivity index (χ1n) is 5.86. The minimum Gasteiger partial charge on any atom is -0.384 e. The van der Waals surface area contributed by atoms with Gasteiger partial charge in [-0.2, -0.15) is 0 Å². The fourth-order valence-electron chi connectivity index (χ4n) is 2.04. The molecule has 1 aromatic heterocycles. The second-order valence-corrected chi connectivity index (χ2v) is 5.14. The van der Waals surface area contributed by atoms with Crippen LogP contribution in [-0.2, 0) is 13.0 Å². The molecule has 1 aromatic carbocycles. The van der Waals surface area contributed by atoms with Crippen LogP contribution in [0.3, 0.4) is 0 Å². The average Bonchev–Trinajstić information content (AvgIpc) is 3.05. The van der Waals surface area contributed by atoms with Crippen molar-refractivity contribution in [2.75, 3.05) is 11.9 Å². The van der Waals surface area contributed by atoms with Crippen LogP contribution in [0.1, 0.15) is 20.9 Å². The molecule has 92 valence electrons. The molecule has 0 saturated carbocycles. The monoisotopic (exact) mass is 259 g/mol. The lowest BCUT2D eigenvalue weighted by atomic mass is 10.1. The van der Waals surface area contributed by atoms with E-state index in [1.54, 1.807) is 17.5 Å². The van der Waals surface area contributed by atoms with Crippen molar-refractivity contribution in [1.29, 1.82) is 0 Å². The second kappa shape index (κ2) is 4.78. The molecule has 0 aliphatic carbocycles. The van der Waals surface area contributed by atoms with Crippen LogP contribution in [-0.4, -0.2) is 17.4 Å². The molecule has 2 aromatic rings. The summed E-state index contributed by atoms with van der Waals surface area (Å²) in [5.74, 6) is -0.0418. The fourth-order valence-corrected chi connectivity index (χ4v) is 2.60. The van der Waals surface area contributed by atoms with Crippen molar-refractivity contribution in [2.45, 2.75) is 13.0 Å². The molecule has 0 spiro atoms. The first-order chi connectivity index (χ1) is 8.83. The van der Waals surface area contributed by atoms with Crippen molar-refractivity contribution < 1.29 is 4.79 Å². The average molecular weight is 259 g/mol. The molecule has 2 N–H and O–H groups in total. The summed E-state index contributed by atoms with van der Waals surface area (Å²) in [7, 11) is 0. The Morgan fingerprint density at radius 3 is 3.28 bits per heavy atom. The van der Waals surface area contributed by atoms with E-state index in [0.717, 1.165) is 23.7 Å². The van der Waals surface area contributed by atoms with Crippen LogP contribution in [0, 0.1) is 0 Å². The van der Waals surface area contributed by atoms with Gasteiger partial charge in [0.25, 0.3) is 5.91 Å². The molecule has 0 radical (unpaired) electrons. The summed E-state index contributed by atoms with van der Waals surface area (Å²) in [6, 6.07) is 5.79. The zero-order chi connectivity index (χ0) is 12.4. The summed E-state index contributed by atoms with van der Waals surface area (Å²) in [5.41, 5.74) is 3.08. The number of fused-ring (bicyclic) bond motifs is 1. The van der Waals surface area contributed by atoms with Gasteiger partial charge in [-0.25, -0.2) is 4.98 Å². The molecule has 0 fully saturated rings. The number of benzene rings is 1. The number of hydrogen-bond donors (Lipinski definition) is 2. The Morgan fingerprint density at radius 2 is 2.44 bits per heavy atom. The Morgan fingerprint density at radius 1 is 1.50 bits per heavy atom. The first kappa shape index (κ1) is 11.2. The zero-order valence-corrected chi connectivity index (χ0v) is 10.6. The highest BCUT2D eigenvalue weighted by atomic mass is 32.1. The summed E-state index contributed by atoms with van der Waals surface area (Å²) in [6.07, 6.45) is 2.73. The Kier molecular flexibility index (Phi) is 2.98. The molecule has 1 amide bonds. The van der Waals surface area contributed by atoms with E-state index in [0.29, 0.717) is 12.1 Å². The number of nitrogens with zero attached hydrogens (tertiary/aromatic N) is 1. The van der Waals surface area contributed by atoms with E-state index in [9.17, 15) is 4.79 Å². The summed E-state index contributed by atoms with van der Waals surface area (Å²) in [6.45, 7) is 1.45. The lowest BCUT2D eigenvalue weighted by molar-refractivity contribution is 0.0951. The second-order valence-electron chi connectivity index (χ2n) is 4.16. The van der Waals surface area contributed by atoms with Gasteiger partial charge in [-0.15, -0.1) is 11.3 Å². The molecule has 1 aliphatic rings. The number of thiazole rings is 1. The summed E-state index contributed by atoms with van der Waals surface area (Å²) in [5, 5.41) is 8.99. The smallest absolute Gasteiger partial charge is 0.251 e. The number of amides is 1. The van der Waals surface area contributed by atoms with Gasteiger partial charge in [0, 0.05) is 29.4 Å². The number of nitrogens with one attached hydrogen (secondary N) is 2. The summed E-state index contributed by atoms with van der Waals surface area (Å²) in [4.78, 5) is 16.1. The maximum absolute atomic E-state index is 12.0. The topological polar surface area (TPSA) is 54.0 Å². The summed E-state index contributed by atoms with van der Waals surface area (Å²) >= 11 is 1.54. The highest BCUT2D eigenvalue weighted by molar-refractivity contribution is 7.09. The first-order valence-corrected chi connectivity index (χ1v) is 6.74. The largest absolute Gasteiger partial charge is 0.384 e. The normalized spacial score (nSPS) is 12.9. The molecule has 5 heteroatoms. The van der Waals surface area contributed by atoms with E-state index in [1.165, 1.54) is 5.56 Å². The molecule has 4 nitrogen and oxygen atoms in total. The van der Waals surface area contributed by atoms with Gasteiger partial charge >= 0.3 is 0 Å². The Hall–Kier alpha value is -1.88. The van der Waals surface area contributed by atoms with E-state index in [2.05, 4.69) is 15.6 Å². The van der Waals surface area contributed by atoms with Crippen LogP contribution in [0.15, 0.2) is 29.8 Å². The number of carbonyl (C=O) groups excluding carboxylic acids is 1.